The molecule has 0 bridgehead atoms. The predicted octanol–water partition coefficient (Wildman–Crippen LogP) is 2.01. The van der Waals surface area contributed by atoms with E-state index >= 15 is 0 Å². The molecule has 1 aromatic heterocycles. The average molecular weight is 329 g/mol. The number of hydrogen-bond donors (Lipinski definition) is 1. The Labute approximate surface area is 139 Å². The van der Waals surface area contributed by atoms with E-state index in [1.807, 2.05) is 35.2 Å². The normalized spacial score (nSPS) is 17.2. The largest absolute Gasteiger partial charge is 0.378 e. The second kappa shape index (κ2) is 7.22. The van der Waals surface area contributed by atoms with Crippen LogP contribution in [0.25, 0.3) is 0 Å². The van der Waals surface area contributed by atoms with E-state index in [2.05, 4.69) is 9.97 Å². The van der Waals surface area contributed by atoms with Gasteiger partial charge in [0.2, 0.25) is 11.8 Å². The van der Waals surface area contributed by atoms with Gasteiger partial charge in [-0.15, -0.1) is 0 Å². The molecule has 8 heteroatoms. The van der Waals surface area contributed by atoms with Gasteiger partial charge in [-0.2, -0.15) is 4.98 Å². The van der Waals surface area contributed by atoms with Gasteiger partial charge >= 0.3 is 5.69 Å². The molecule has 0 saturated carbocycles. The summed E-state index contributed by atoms with van der Waals surface area (Å²) < 4.78 is 5.78. The molecular weight excluding hydrogens is 310 g/mol. The molecule has 1 unspecified atom stereocenters. The fourth-order valence-electron chi connectivity index (χ4n) is 2.74. The van der Waals surface area contributed by atoms with Gasteiger partial charge in [0.25, 0.3) is 0 Å². The number of rotatable bonds is 6. The molecule has 1 aromatic carbocycles. The van der Waals surface area contributed by atoms with Gasteiger partial charge in [0.1, 0.15) is 6.20 Å². The van der Waals surface area contributed by atoms with E-state index in [9.17, 15) is 10.1 Å². The number of anilines is 2. The minimum absolute atomic E-state index is 0.103. The number of benzene rings is 1. The first-order valence-electron chi connectivity index (χ1n) is 7.77. The monoisotopic (exact) mass is 329 g/mol. The number of nitro groups is 1. The lowest BCUT2D eigenvalue weighted by atomic mass is 10.1. The number of ether oxygens (including phenoxy) is 1. The summed E-state index contributed by atoms with van der Waals surface area (Å²) in [5.74, 6) is 0.714. The molecule has 1 fully saturated rings. The van der Waals surface area contributed by atoms with E-state index in [0.717, 1.165) is 31.3 Å². The Morgan fingerprint density at radius 1 is 1.38 bits per heavy atom. The predicted molar refractivity (Wildman–Crippen MR) is 89.5 cm³/mol. The first-order valence-corrected chi connectivity index (χ1v) is 7.77. The maximum atomic E-state index is 10.8. The standard InChI is InChI=1S/C16H19N5O3/c17-15-14(21(22)23)8-18-16(19-15)20-7-6-13(9-20)11-24-10-12-4-2-1-3-5-12/h1-5,8,13H,6-7,9-11H2,(H2,17,18,19). The van der Waals surface area contributed by atoms with Crippen LogP contribution in [0.4, 0.5) is 17.5 Å². The molecule has 2 heterocycles. The molecule has 1 aliphatic rings. The average Bonchev–Trinajstić information content (AvgIpc) is 3.04. The van der Waals surface area contributed by atoms with Gasteiger partial charge in [0, 0.05) is 19.0 Å². The van der Waals surface area contributed by atoms with Crippen molar-refractivity contribution in [3.8, 4) is 0 Å². The third kappa shape index (κ3) is 3.77. The second-order valence-corrected chi connectivity index (χ2v) is 5.80. The Balaban J connectivity index is 1.52. The van der Waals surface area contributed by atoms with Crippen molar-refractivity contribution >= 4 is 17.5 Å². The molecule has 0 spiro atoms. The molecule has 1 atom stereocenters. The first kappa shape index (κ1) is 16.1. The zero-order valence-corrected chi connectivity index (χ0v) is 13.2. The molecule has 1 saturated heterocycles. The van der Waals surface area contributed by atoms with Gasteiger partial charge in [-0.25, -0.2) is 4.98 Å². The summed E-state index contributed by atoms with van der Waals surface area (Å²) in [5.41, 5.74) is 6.51. The zero-order chi connectivity index (χ0) is 16.9. The molecule has 1 aliphatic heterocycles. The molecule has 24 heavy (non-hydrogen) atoms. The van der Waals surface area contributed by atoms with Crippen molar-refractivity contribution in [2.24, 2.45) is 5.92 Å². The molecule has 126 valence electrons. The van der Waals surface area contributed by atoms with Gasteiger partial charge in [0.15, 0.2) is 0 Å². The molecular formula is C16H19N5O3. The topological polar surface area (TPSA) is 107 Å². The van der Waals surface area contributed by atoms with Crippen LogP contribution in [0.5, 0.6) is 0 Å². The molecule has 8 nitrogen and oxygen atoms in total. The fraction of sp³-hybridized carbons (Fsp3) is 0.375. The summed E-state index contributed by atoms with van der Waals surface area (Å²) >= 11 is 0. The van der Waals surface area contributed by atoms with Crippen LogP contribution in [-0.2, 0) is 11.3 Å². The van der Waals surface area contributed by atoms with E-state index in [-0.39, 0.29) is 11.5 Å². The van der Waals surface area contributed by atoms with Gasteiger partial charge in [-0.3, -0.25) is 10.1 Å². The second-order valence-electron chi connectivity index (χ2n) is 5.80. The Kier molecular flexibility index (Phi) is 4.85. The summed E-state index contributed by atoms with van der Waals surface area (Å²) in [7, 11) is 0. The lowest BCUT2D eigenvalue weighted by Gasteiger charge is -2.16. The van der Waals surface area contributed by atoms with Crippen LogP contribution in [-0.4, -0.2) is 34.6 Å². The van der Waals surface area contributed by atoms with E-state index in [1.165, 1.54) is 0 Å². The summed E-state index contributed by atoms with van der Waals surface area (Å²) in [6, 6.07) is 10.0. The van der Waals surface area contributed by atoms with Gasteiger partial charge in [-0.05, 0) is 12.0 Å². The molecule has 2 aromatic rings. The van der Waals surface area contributed by atoms with Crippen LogP contribution in [0, 0.1) is 16.0 Å². The van der Waals surface area contributed by atoms with Crippen molar-refractivity contribution < 1.29 is 9.66 Å². The lowest BCUT2D eigenvalue weighted by Crippen LogP contribution is -2.23. The van der Waals surface area contributed by atoms with Gasteiger partial charge in [-0.1, -0.05) is 30.3 Å². The SMILES string of the molecule is Nc1nc(N2CCC(COCc3ccccc3)C2)ncc1[N+](=O)[O-]. The van der Waals surface area contributed by atoms with Crippen LogP contribution in [0.1, 0.15) is 12.0 Å². The van der Waals surface area contributed by atoms with E-state index in [0.29, 0.717) is 25.1 Å². The molecule has 0 radical (unpaired) electrons. The van der Waals surface area contributed by atoms with Crippen molar-refractivity contribution in [1.82, 2.24) is 9.97 Å². The Bertz CT molecular complexity index is 710. The highest BCUT2D eigenvalue weighted by molar-refractivity contribution is 5.54. The summed E-state index contributed by atoms with van der Waals surface area (Å²) in [6.07, 6.45) is 2.13. The van der Waals surface area contributed by atoms with E-state index in [1.54, 1.807) is 0 Å². The number of nitrogen functional groups attached to an aromatic ring is 1. The van der Waals surface area contributed by atoms with Crippen LogP contribution >= 0.6 is 0 Å². The van der Waals surface area contributed by atoms with E-state index < -0.39 is 4.92 Å². The maximum absolute atomic E-state index is 10.8. The minimum atomic E-state index is -0.580. The maximum Gasteiger partial charge on any atom is 0.329 e. The number of hydrogen-bond acceptors (Lipinski definition) is 7. The van der Waals surface area contributed by atoms with Crippen molar-refractivity contribution in [3.63, 3.8) is 0 Å². The summed E-state index contributed by atoms with van der Waals surface area (Å²) in [6.45, 7) is 2.80. The fourth-order valence-corrected chi connectivity index (χ4v) is 2.74. The Hall–Kier alpha value is -2.74. The van der Waals surface area contributed by atoms with Crippen LogP contribution < -0.4 is 10.6 Å². The Morgan fingerprint density at radius 3 is 2.88 bits per heavy atom. The third-order valence-electron chi connectivity index (χ3n) is 4.02. The van der Waals surface area contributed by atoms with Crippen molar-refractivity contribution in [2.75, 3.05) is 30.3 Å². The van der Waals surface area contributed by atoms with Crippen LogP contribution in [0.3, 0.4) is 0 Å². The van der Waals surface area contributed by atoms with Crippen molar-refractivity contribution in [1.29, 1.82) is 0 Å². The Morgan fingerprint density at radius 2 is 2.17 bits per heavy atom. The van der Waals surface area contributed by atoms with E-state index in [4.69, 9.17) is 10.5 Å². The zero-order valence-electron chi connectivity index (χ0n) is 13.2. The third-order valence-corrected chi connectivity index (χ3v) is 4.02. The lowest BCUT2D eigenvalue weighted by molar-refractivity contribution is -0.384. The van der Waals surface area contributed by atoms with Crippen LogP contribution in [0.2, 0.25) is 0 Å². The molecule has 0 amide bonds. The van der Waals surface area contributed by atoms with Crippen molar-refractivity contribution in [3.05, 3.63) is 52.2 Å². The molecule has 2 N–H and O–H groups in total. The van der Waals surface area contributed by atoms with Gasteiger partial charge in [0.05, 0.1) is 18.1 Å². The molecule has 0 aliphatic carbocycles. The summed E-state index contributed by atoms with van der Waals surface area (Å²) in [5, 5.41) is 10.8. The number of nitrogens with two attached hydrogens (primary N) is 1. The highest BCUT2D eigenvalue weighted by atomic mass is 16.6. The quantitative estimate of drug-likeness (QED) is 0.638. The van der Waals surface area contributed by atoms with Gasteiger partial charge < -0.3 is 15.4 Å². The highest BCUT2D eigenvalue weighted by Crippen LogP contribution is 2.25. The van der Waals surface area contributed by atoms with Crippen molar-refractivity contribution in [2.45, 2.75) is 13.0 Å². The minimum Gasteiger partial charge on any atom is -0.378 e. The summed E-state index contributed by atoms with van der Waals surface area (Å²) in [4.78, 5) is 20.3. The number of nitrogens with zero attached hydrogens (tertiary/aromatic N) is 4. The first-order chi connectivity index (χ1) is 11.6. The van der Waals surface area contributed by atoms with Crippen LogP contribution in [0.15, 0.2) is 36.5 Å². The number of aromatic nitrogens is 2. The smallest absolute Gasteiger partial charge is 0.329 e. The highest BCUT2D eigenvalue weighted by Gasteiger charge is 2.26. The molecule has 3 rings (SSSR count).